The van der Waals surface area contributed by atoms with Crippen molar-refractivity contribution in [2.75, 3.05) is 19.7 Å². The standard InChI is InChI=1S/C20H31N2OP/c1-16(17-9-5-4-6-10-17)22-20(18-11-7-2-3-8-12-18)15-21(24)13-19(20)14-23-22/h4-6,9-10,16,18-19H,2-3,7-8,11-15,24H2,1H3. The minimum absolute atomic E-state index is 0.196. The normalized spacial score (nSPS) is 34.2. The van der Waals surface area contributed by atoms with Gasteiger partial charge in [-0.05, 0) is 31.2 Å². The molecular formula is C20H31N2OP. The van der Waals surface area contributed by atoms with E-state index in [-0.39, 0.29) is 5.54 Å². The maximum atomic E-state index is 6.38. The Morgan fingerprint density at radius 1 is 1.08 bits per heavy atom. The molecule has 1 saturated carbocycles. The van der Waals surface area contributed by atoms with Gasteiger partial charge in [-0.3, -0.25) is 9.51 Å². The van der Waals surface area contributed by atoms with Crippen molar-refractivity contribution >= 4 is 9.39 Å². The highest BCUT2D eigenvalue weighted by Crippen LogP contribution is 2.52. The molecule has 24 heavy (non-hydrogen) atoms. The molecule has 3 nitrogen and oxygen atoms in total. The molecule has 0 aromatic heterocycles. The molecule has 1 aromatic rings. The summed E-state index contributed by atoms with van der Waals surface area (Å²) in [6.45, 7) is 5.49. The summed E-state index contributed by atoms with van der Waals surface area (Å²) in [6, 6.07) is 11.2. The Labute approximate surface area is 148 Å². The largest absolute Gasteiger partial charge is 0.297 e. The molecule has 0 amide bonds. The molecular weight excluding hydrogens is 315 g/mol. The van der Waals surface area contributed by atoms with E-state index in [2.05, 4.69) is 56.4 Å². The van der Waals surface area contributed by atoms with Crippen LogP contribution in [0.25, 0.3) is 0 Å². The Kier molecular flexibility index (Phi) is 4.97. The first-order chi connectivity index (χ1) is 11.7. The molecule has 1 aromatic carbocycles. The van der Waals surface area contributed by atoms with Crippen molar-refractivity contribution in [3.8, 4) is 0 Å². The lowest BCUT2D eigenvalue weighted by Crippen LogP contribution is -2.55. The molecule has 2 heterocycles. The highest BCUT2D eigenvalue weighted by molar-refractivity contribution is 7.13. The van der Waals surface area contributed by atoms with E-state index in [1.165, 1.54) is 44.1 Å². The smallest absolute Gasteiger partial charge is 0.0745 e. The lowest BCUT2D eigenvalue weighted by atomic mass is 9.72. The van der Waals surface area contributed by atoms with Crippen LogP contribution in [0.2, 0.25) is 0 Å². The van der Waals surface area contributed by atoms with Crippen molar-refractivity contribution in [2.24, 2.45) is 11.8 Å². The molecule has 0 bridgehead atoms. The molecule has 4 rings (SSSR count). The molecule has 3 fully saturated rings. The third-order valence-electron chi connectivity index (χ3n) is 6.64. The van der Waals surface area contributed by atoms with Crippen molar-refractivity contribution in [1.82, 2.24) is 9.73 Å². The third-order valence-corrected chi connectivity index (χ3v) is 7.03. The first-order valence-electron chi connectivity index (χ1n) is 9.68. The zero-order valence-electron chi connectivity index (χ0n) is 14.9. The highest BCUT2D eigenvalue weighted by atomic mass is 31.0. The van der Waals surface area contributed by atoms with Crippen LogP contribution in [0.5, 0.6) is 0 Å². The zero-order chi connectivity index (χ0) is 16.6. The van der Waals surface area contributed by atoms with Gasteiger partial charge in [0.15, 0.2) is 0 Å². The van der Waals surface area contributed by atoms with Gasteiger partial charge in [-0.1, -0.05) is 65.4 Å². The quantitative estimate of drug-likeness (QED) is 0.595. The lowest BCUT2D eigenvalue weighted by molar-refractivity contribution is -0.205. The number of benzene rings is 1. The van der Waals surface area contributed by atoms with Crippen LogP contribution in [0.4, 0.5) is 0 Å². The second kappa shape index (κ2) is 7.03. The number of hydroxylamine groups is 2. The Morgan fingerprint density at radius 3 is 2.50 bits per heavy atom. The van der Waals surface area contributed by atoms with Gasteiger partial charge in [-0.25, -0.2) is 0 Å². The maximum absolute atomic E-state index is 6.38. The molecule has 4 heteroatoms. The molecule has 2 saturated heterocycles. The van der Waals surface area contributed by atoms with E-state index in [1.807, 2.05) is 0 Å². The van der Waals surface area contributed by atoms with Gasteiger partial charge in [0, 0.05) is 19.0 Å². The zero-order valence-corrected chi connectivity index (χ0v) is 16.0. The van der Waals surface area contributed by atoms with E-state index < -0.39 is 0 Å². The Morgan fingerprint density at radius 2 is 1.79 bits per heavy atom. The van der Waals surface area contributed by atoms with Crippen LogP contribution in [0.3, 0.4) is 0 Å². The van der Waals surface area contributed by atoms with Gasteiger partial charge in [0.05, 0.1) is 18.2 Å². The van der Waals surface area contributed by atoms with Crippen molar-refractivity contribution in [1.29, 1.82) is 0 Å². The number of hydrogen-bond acceptors (Lipinski definition) is 3. The van der Waals surface area contributed by atoms with E-state index in [0.29, 0.717) is 12.0 Å². The van der Waals surface area contributed by atoms with Crippen molar-refractivity contribution in [3.63, 3.8) is 0 Å². The van der Waals surface area contributed by atoms with Crippen LogP contribution in [-0.2, 0) is 4.84 Å². The Bertz CT molecular complexity index is 546. The van der Waals surface area contributed by atoms with E-state index in [1.54, 1.807) is 0 Å². The van der Waals surface area contributed by atoms with E-state index in [4.69, 9.17) is 4.84 Å². The van der Waals surface area contributed by atoms with E-state index in [0.717, 1.165) is 25.6 Å². The lowest BCUT2D eigenvalue weighted by Gasteiger charge is -2.45. The first-order valence-corrected chi connectivity index (χ1v) is 10.2. The highest BCUT2D eigenvalue weighted by Gasteiger charge is 2.59. The summed E-state index contributed by atoms with van der Waals surface area (Å²) in [6.07, 6.45) is 8.35. The van der Waals surface area contributed by atoms with Crippen LogP contribution >= 0.6 is 9.39 Å². The predicted molar refractivity (Wildman–Crippen MR) is 101 cm³/mol. The average Bonchev–Trinajstić information content (AvgIpc) is 2.96. The molecule has 2 aliphatic heterocycles. The molecule has 132 valence electrons. The summed E-state index contributed by atoms with van der Waals surface area (Å²) in [5.41, 5.74) is 1.56. The predicted octanol–water partition coefficient (Wildman–Crippen LogP) is 4.43. The molecule has 1 aliphatic carbocycles. The summed E-state index contributed by atoms with van der Waals surface area (Å²) in [4.78, 5) is 6.38. The monoisotopic (exact) mass is 346 g/mol. The van der Waals surface area contributed by atoms with Crippen LogP contribution in [-0.4, -0.2) is 35.0 Å². The topological polar surface area (TPSA) is 15.7 Å². The molecule has 4 atom stereocenters. The van der Waals surface area contributed by atoms with Crippen LogP contribution in [0, 0.1) is 11.8 Å². The summed E-state index contributed by atoms with van der Waals surface area (Å²) in [5.74, 6) is 1.41. The number of fused-ring (bicyclic) bond motifs is 1. The van der Waals surface area contributed by atoms with Gasteiger partial charge in [0.25, 0.3) is 0 Å². The molecule has 0 radical (unpaired) electrons. The summed E-state index contributed by atoms with van der Waals surface area (Å²) in [5, 5.41) is 2.42. The van der Waals surface area contributed by atoms with Gasteiger partial charge in [-0.2, -0.15) is 5.06 Å². The van der Waals surface area contributed by atoms with Crippen molar-refractivity contribution in [3.05, 3.63) is 35.9 Å². The summed E-state index contributed by atoms with van der Waals surface area (Å²) >= 11 is 0. The first kappa shape index (κ1) is 17.0. The van der Waals surface area contributed by atoms with Gasteiger partial charge in [0.2, 0.25) is 0 Å². The van der Waals surface area contributed by atoms with Gasteiger partial charge in [-0.15, -0.1) is 0 Å². The number of nitrogens with zero attached hydrogens (tertiary/aromatic N) is 2. The summed E-state index contributed by atoms with van der Waals surface area (Å²) < 4.78 is 2.46. The molecule has 0 N–H and O–H groups in total. The van der Waals surface area contributed by atoms with Gasteiger partial charge >= 0.3 is 0 Å². The SMILES string of the molecule is CC(c1ccccc1)N1OCC2CN(P)CC21C1CCCCCC1. The van der Waals surface area contributed by atoms with Gasteiger partial charge in [0.1, 0.15) is 0 Å². The number of rotatable bonds is 3. The van der Waals surface area contributed by atoms with E-state index in [9.17, 15) is 0 Å². The van der Waals surface area contributed by atoms with Crippen LogP contribution in [0.1, 0.15) is 57.1 Å². The molecule has 0 spiro atoms. The van der Waals surface area contributed by atoms with Crippen LogP contribution < -0.4 is 0 Å². The molecule has 3 aliphatic rings. The van der Waals surface area contributed by atoms with Crippen molar-refractivity contribution in [2.45, 2.75) is 57.0 Å². The fraction of sp³-hybridized carbons (Fsp3) is 0.700. The average molecular weight is 346 g/mol. The minimum atomic E-state index is 0.196. The minimum Gasteiger partial charge on any atom is -0.297 e. The van der Waals surface area contributed by atoms with Crippen molar-refractivity contribution < 1.29 is 4.84 Å². The fourth-order valence-electron chi connectivity index (χ4n) is 5.46. The van der Waals surface area contributed by atoms with Crippen LogP contribution in [0.15, 0.2) is 30.3 Å². The second-order valence-electron chi connectivity index (χ2n) is 8.01. The molecule has 4 unspecified atom stereocenters. The maximum Gasteiger partial charge on any atom is 0.0745 e. The summed E-state index contributed by atoms with van der Waals surface area (Å²) in [7, 11) is 2.96. The number of hydrogen-bond donors (Lipinski definition) is 0. The Balaban J connectivity index is 1.67. The second-order valence-corrected chi connectivity index (χ2v) is 8.74. The van der Waals surface area contributed by atoms with E-state index >= 15 is 0 Å². The van der Waals surface area contributed by atoms with Gasteiger partial charge < -0.3 is 0 Å². The fourth-order valence-corrected chi connectivity index (χ4v) is 6.01. The Hall–Kier alpha value is -0.470. The third kappa shape index (κ3) is 2.84.